The van der Waals surface area contributed by atoms with E-state index < -0.39 is 12.0 Å². The summed E-state index contributed by atoms with van der Waals surface area (Å²) in [7, 11) is 0. The van der Waals surface area contributed by atoms with E-state index in [0.717, 1.165) is 0 Å². The summed E-state index contributed by atoms with van der Waals surface area (Å²) < 4.78 is 0. The van der Waals surface area contributed by atoms with E-state index >= 15 is 0 Å². The van der Waals surface area contributed by atoms with Gasteiger partial charge in [-0.2, -0.15) is 0 Å². The van der Waals surface area contributed by atoms with Crippen LogP contribution in [0.15, 0.2) is 0 Å². The standard InChI is InChI=1S/C10H17N3O4/c1-2-13(4-3-9(15)16)10(17)7-5-12-8(14)6-11-7/h7,11H,2-6H2,1H3,(H,12,14)(H,15,16). The van der Waals surface area contributed by atoms with Crippen LogP contribution in [-0.4, -0.2) is 60.0 Å². The molecule has 0 bridgehead atoms. The van der Waals surface area contributed by atoms with Crippen LogP contribution in [-0.2, 0) is 14.4 Å². The number of hydrogen-bond donors (Lipinski definition) is 3. The van der Waals surface area contributed by atoms with Gasteiger partial charge in [-0.1, -0.05) is 0 Å². The first-order valence-corrected chi connectivity index (χ1v) is 5.55. The van der Waals surface area contributed by atoms with Crippen molar-refractivity contribution in [1.82, 2.24) is 15.5 Å². The first-order chi connectivity index (χ1) is 8.04. The molecule has 7 heteroatoms. The second-order valence-corrected chi connectivity index (χ2v) is 3.80. The number of carboxylic acid groups (broad SMARTS) is 1. The van der Waals surface area contributed by atoms with Crippen LogP contribution in [0.25, 0.3) is 0 Å². The Balaban J connectivity index is 2.47. The molecule has 0 aliphatic carbocycles. The Morgan fingerprint density at radius 3 is 2.71 bits per heavy atom. The van der Waals surface area contributed by atoms with Crippen molar-refractivity contribution in [3.05, 3.63) is 0 Å². The van der Waals surface area contributed by atoms with Gasteiger partial charge in [0.15, 0.2) is 0 Å². The number of rotatable bonds is 5. The van der Waals surface area contributed by atoms with Crippen LogP contribution in [0.2, 0.25) is 0 Å². The van der Waals surface area contributed by atoms with E-state index in [1.807, 2.05) is 0 Å². The predicted molar refractivity (Wildman–Crippen MR) is 59.3 cm³/mol. The molecule has 0 radical (unpaired) electrons. The van der Waals surface area contributed by atoms with Crippen LogP contribution < -0.4 is 10.6 Å². The van der Waals surface area contributed by atoms with E-state index in [0.29, 0.717) is 6.54 Å². The highest BCUT2D eigenvalue weighted by Gasteiger charge is 2.27. The molecule has 0 saturated carbocycles. The molecule has 1 rings (SSSR count). The van der Waals surface area contributed by atoms with Gasteiger partial charge in [0.1, 0.15) is 6.04 Å². The Morgan fingerprint density at radius 1 is 1.53 bits per heavy atom. The summed E-state index contributed by atoms with van der Waals surface area (Å²) in [5.74, 6) is -1.24. The fraction of sp³-hybridized carbons (Fsp3) is 0.700. The van der Waals surface area contributed by atoms with Gasteiger partial charge in [-0.3, -0.25) is 19.7 Å². The molecule has 0 spiro atoms. The van der Waals surface area contributed by atoms with Crippen LogP contribution >= 0.6 is 0 Å². The zero-order valence-electron chi connectivity index (χ0n) is 9.73. The Hall–Kier alpha value is -1.63. The van der Waals surface area contributed by atoms with Gasteiger partial charge in [-0.25, -0.2) is 0 Å². The van der Waals surface area contributed by atoms with Crippen molar-refractivity contribution in [3.63, 3.8) is 0 Å². The second-order valence-electron chi connectivity index (χ2n) is 3.80. The van der Waals surface area contributed by atoms with E-state index in [1.165, 1.54) is 4.90 Å². The van der Waals surface area contributed by atoms with Gasteiger partial charge >= 0.3 is 5.97 Å². The molecule has 2 amide bonds. The average molecular weight is 243 g/mol. The maximum atomic E-state index is 12.0. The molecule has 7 nitrogen and oxygen atoms in total. The number of carbonyl (C=O) groups is 3. The quantitative estimate of drug-likeness (QED) is 0.540. The molecule has 17 heavy (non-hydrogen) atoms. The Kier molecular flexibility index (Phi) is 4.89. The smallest absolute Gasteiger partial charge is 0.305 e. The van der Waals surface area contributed by atoms with Crippen molar-refractivity contribution < 1.29 is 19.5 Å². The molecule has 1 saturated heterocycles. The lowest BCUT2D eigenvalue weighted by Crippen LogP contribution is -2.58. The normalized spacial score (nSPS) is 19.6. The van der Waals surface area contributed by atoms with Crippen molar-refractivity contribution in [3.8, 4) is 0 Å². The second kappa shape index (κ2) is 6.19. The lowest BCUT2D eigenvalue weighted by molar-refractivity contribution is -0.139. The van der Waals surface area contributed by atoms with Gasteiger partial charge in [-0.15, -0.1) is 0 Å². The molecular weight excluding hydrogens is 226 g/mol. The highest BCUT2D eigenvalue weighted by Crippen LogP contribution is 1.99. The van der Waals surface area contributed by atoms with Crippen molar-refractivity contribution in [1.29, 1.82) is 0 Å². The van der Waals surface area contributed by atoms with Crippen LogP contribution in [0.4, 0.5) is 0 Å². The minimum Gasteiger partial charge on any atom is -0.481 e. The highest BCUT2D eigenvalue weighted by molar-refractivity contribution is 5.87. The number of carbonyl (C=O) groups excluding carboxylic acids is 2. The van der Waals surface area contributed by atoms with E-state index in [4.69, 9.17) is 5.11 Å². The Labute approximate surface area is 99.2 Å². The number of likely N-dealkylation sites (N-methyl/N-ethyl adjacent to an activating group) is 1. The SMILES string of the molecule is CCN(CCC(=O)O)C(=O)C1CNC(=O)CN1. The molecule has 0 aromatic heterocycles. The summed E-state index contributed by atoms with van der Waals surface area (Å²) in [5.41, 5.74) is 0. The van der Waals surface area contributed by atoms with E-state index in [9.17, 15) is 14.4 Å². The molecule has 1 aliphatic rings. The monoisotopic (exact) mass is 243 g/mol. The number of aliphatic carboxylic acids is 1. The number of nitrogens with one attached hydrogen (secondary N) is 2. The maximum absolute atomic E-state index is 12.0. The number of piperazine rings is 1. The zero-order valence-corrected chi connectivity index (χ0v) is 9.73. The fourth-order valence-corrected chi connectivity index (χ4v) is 1.62. The maximum Gasteiger partial charge on any atom is 0.305 e. The summed E-state index contributed by atoms with van der Waals surface area (Å²) in [6.07, 6.45) is -0.0708. The Bertz CT molecular complexity index is 309. The Morgan fingerprint density at radius 2 is 2.24 bits per heavy atom. The third-order valence-corrected chi connectivity index (χ3v) is 2.60. The number of nitrogens with zero attached hydrogens (tertiary/aromatic N) is 1. The lowest BCUT2D eigenvalue weighted by Gasteiger charge is -2.29. The minimum atomic E-state index is -0.929. The van der Waals surface area contributed by atoms with Crippen molar-refractivity contribution in [2.24, 2.45) is 0 Å². The molecule has 0 aromatic rings. The average Bonchev–Trinajstić information content (AvgIpc) is 2.30. The number of amides is 2. The molecule has 0 aromatic carbocycles. The summed E-state index contributed by atoms with van der Waals surface area (Å²) in [4.78, 5) is 34.8. The van der Waals surface area contributed by atoms with Crippen LogP contribution in [0.3, 0.4) is 0 Å². The molecular formula is C10H17N3O4. The zero-order chi connectivity index (χ0) is 12.8. The van der Waals surface area contributed by atoms with Crippen molar-refractivity contribution in [2.45, 2.75) is 19.4 Å². The van der Waals surface area contributed by atoms with Crippen LogP contribution in [0.1, 0.15) is 13.3 Å². The molecule has 1 unspecified atom stereocenters. The number of carboxylic acids is 1. The van der Waals surface area contributed by atoms with Crippen LogP contribution in [0, 0.1) is 0 Å². The number of hydrogen-bond acceptors (Lipinski definition) is 4. The lowest BCUT2D eigenvalue weighted by atomic mass is 10.2. The molecule has 1 heterocycles. The van der Waals surface area contributed by atoms with E-state index in [2.05, 4.69) is 10.6 Å². The molecule has 1 atom stereocenters. The molecule has 1 aliphatic heterocycles. The predicted octanol–water partition coefficient (Wildman–Crippen LogP) is -1.60. The van der Waals surface area contributed by atoms with Crippen molar-refractivity contribution in [2.75, 3.05) is 26.2 Å². The third kappa shape index (κ3) is 4.03. The highest BCUT2D eigenvalue weighted by atomic mass is 16.4. The van der Waals surface area contributed by atoms with Gasteiger partial charge in [0.25, 0.3) is 0 Å². The van der Waals surface area contributed by atoms with Gasteiger partial charge in [-0.05, 0) is 6.92 Å². The molecule has 3 N–H and O–H groups in total. The van der Waals surface area contributed by atoms with Gasteiger partial charge in [0, 0.05) is 19.6 Å². The van der Waals surface area contributed by atoms with Crippen molar-refractivity contribution >= 4 is 17.8 Å². The van der Waals surface area contributed by atoms with Gasteiger partial charge in [0.2, 0.25) is 11.8 Å². The first-order valence-electron chi connectivity index (χ1n) is 5.55. The van der Waals surface area contributed by atoms with E-state index in [-0.39, 0.29) is 37.9 Å². The molecule has 1 fully saturated rings. The topological polar surface area (TPSA) is 98.7 Å². The van der Waals surface area contributed by atoms with Gasteiger partial charge < -0.3 is 15.3 Å². The summed E-state index contributed by atoms with van der Waals surface area (Å²) in [6.45, 7) is 2.81. The van der Waals surface area contributed by atoms with Crippen LogP contribution in [0.5, 0.6) is 0 Å². The largest absolute Gasteiger partial charge is 0.481 e. The summed E-state index contributed by atoms with van der Waals surface area (Å²) in [6, 6.07) is -0.457. The summed E-state index contributed by atoms with van der Waals surface area (Å²) >= 11 is 0. The summed E-state index contributed by atoms with van der Waals surface area (Å²) in [5, 5.41) is 14.0. The minimum absolute atomic E-state index is 0.0708. The first kappa shape index (κ1) is 13.4. The van der Waals surface area contributed by atoms with Gasteiger partial charge in [0.05, 0.1) is 13.0 Å². The molecule has 96 valence electrons. The fourth-order valence-electron chi connectivity index (χ4n) is 1.62. The van der Waals surface area contributed by atoms with E-state index in [1.54, 1.807) is 6.92 Å². The third-order valence-electron chi connectivity index (χ3n) is 2.60.